The highest BCUT2D eigenvalue weighted by molar-refractivity contribution is 5.75. The maximum Gasteiger partial charge on any atom is 0.234 e. The van der Waals surface area contributed by atoms with Crippen molar-refractivity contribution < 1.29 is 9.53 Å². The van der Waals surface area contributed by atoms with Gasteiger partial charge in [-0.25, -0.2) is 5.01 Å². The highest BCUT2D eigenvalue weighted by Crippen LogP contribution is 2.12. The van der Waals surface area contributed by atoms with E-state index in [4.69, 9.17) is 4.74 Å². The number of likely N-dealkylation sites (N-methyl/N-ethyl adjacent to an activating group) is 1. The largest absolute Gasteiger partial charge is 0.497 e. The maximum absolute atomic E-state index is 11.9. The molecule has 110 valence electrons. The van der Waals surface area contributed by atoms with Crippen molar-refractivity contribution in [1.29, 1.82) is 0 Å². The highest BCUT2D eigenvalue weighted by atomic mass is 16.5. The molecule has 1 fully saturated rings. The Kier molecular flexibility index (Phi) is 5.38. The molecule has 0 atom stereocenters. The zero-order valence-electron chi connectivity index (χ0n) is 12.3. The van der Waals surface area contributed by atoms with E-state index in [0.717, 1.165) is 43.9 Å². The van der Waals surface area contributed by atoms with Crippen LogP contribution in [0.3, 0.4) is 0 Å². The van der Waals surface area contributed by atoms with Gasteiger partial charge >= 0.3 is 0 Å². The van der Waals surface area contributed by atoms with Crippen molar-refractivity contribution in [2.24, 2.45) is 0 Å². The third-order valence-corrected chi connectivity index (χ3v) is 3.59. The number of carbonyl (C=O) groups is 1. The molecule has 1 N–H and O–H groups in total. The molecular weight excluding hydrogens is 254 g/mol. The fourth-order valence-corrected chi connectivity index (χ4v) is 2.20. The van der Waals surface area contributed by atoms with Crippen molar-refractivity contribution in [1.82, 2.24) is 15.3 Å². The Morgan fingerprint density at radius 2 is 1.85 bits per heavy atom. The number of piperazine rings is 1. The third-order valence-electron chi connectivity index (χ3n) is 3.59. The van der Waals surface area contributed by atoms with Crippen LogP contribution in [0.5, 0.6) is 5.75 Å². The molecule has 1 aromatic rings. The van der Waals surface area contributed by atoms with Crippen molar-refractivity contribution in [3.8, 4) is 5.75 Å². The van der Waals surface area contributed by atoms with Crippen LogP contribution >= 0.6 is 0 Å². The third kappa shape index (κ3) is 4.51. The monoisotopic (exact) mass is 277 g/mol. The summed E-state index contributed by atoms with van der Waals surface area (Å²) in [6.07, 6.45) is 1.27. The average molecular weight is 277 g/mol. The van der Waals surface area contributed by atoms with Crippen LogP contribution in [0, 0.1) is 0 Å². The molecule has 0 radical (unpaired) electrons. The number of hydrogen-bond donors (Lipinski definition) is 1. The Bertz CT molecular complexity index is 425. The Morgan fingerprint density at radius 1 is 1.20 bits per heavy atom. The van der Waals surface area contributed by atoms with Crippen LogP contribution in [-0.4, -0.2) is 56.2 Å². The van der Waals surface area contributed by atoms with Gasteiger partial charge in [-0.05, 0) is 31.2 Å². The van der Waals surface area contributed by atoms with Gasteiger partial charge in [-0.15, -0.1) is 0 Å². The molecule has 1 aliphatic heterocycles. The summed E-state index contributed by atoms with van der Waals surface area (Å²) in [6, 6.07) is 7.85. The first-order valence-electron chi connectivity index (χ1n) is 7.03. The number of carbonyl (C=O) groups excluding carboxylic acids is 1. The molecule has 1 aromatic carbocycles. The van der Waals surface area contributed by atoms with Gasteiger partial charge in [0.05, 0.1) is 7.11 Å². The molecule has 1 saturated heterocycles. The van der Waals surface area contributed by atoms with Gasteiger partial charge in [0, 0.05) is 32.6 Å². The van der Waals surface area contributed by atoms with Gasteiger partial charge in [-0.1, -0.05) is 12.1 Å². The number of aryl methyl sites for hydroxylation is 1. The summed E-state index contributed by atoms with van der Waals surface area (Å²) in [5.74, 6) is 0.931. The molecule has 1 amide bonds. The molecule has 20 heavy (non-hydrogen) atoms. The van der Waals surface area contributed by atoms with E-state index in [1.54, 1.807) is 7.11 Å². The molecule has 5 nitrogen and oxygen atoms in total. The quantitative estimate of drug-likeness (QED) is 0.869. The lowest BCUT2D eigenvalue weighted by Gasteiger charge is -2.32. The van der Waals surface area contributed by atoms with E-state index in [-0.39, 0.29) is 5.91 Å². The second-order valence-electron chi connectivity index (χ2n) is 5.17. The van der Waals surface area contributed by atoms with Gasteiger partial charge in [-0.2, -0.15) is 0 Å². The van der Waals surface area contributed by atoms with Crippen molar-refractivity contribution in [2.75, 3.05) is 40.3 Å². The lowest BCUT2D eigenvalue weighted by molar-refractivity contribution is -0.126. The second kappa shape index (κ2) is 7.26. The van der Waals surface area contributed by atoms with Crippen LogP contribution in [0.25, 0.3) is 0 Å². The van der Waals surface area contributed by atoms with Crippen LogP contribution < -0.4 is 10.2 Å². The summed E-state index contributed by atoms with van der Waals surface area (Å²) in [5.41, 5.74) is 4.13. The average Bonchev–Trinajstić information content (AvgIpc) is 2.48. The summed E-state index contributed by atoms with van der Waals surface area (Å²) in [5, 5.41) is 2.01. The van der Waals surface area contributed by atoms with E-state index in [2.05, 4.69) is 17.4 Å². The minimum absolute atomic E-state index is 0.0883. The SMILES string of the molecule is COc1ccc(CCC(=O)NN2CCN(C)CC2)cc1. The smallest absolute Gasteiger partial charge is 0.234 e. The first-order chi connectivity index (χ1) is 9.67. The number of amides is 1. The van der Waals surface area contributed by atoms with Crippen molar-refractivity contribution in [3.05, 3.63) is 29.8 Å². The van der Waals surface area contributed by atoms with E-state index in [1.807, 2.05) is 29.3 Å². The Labute approximate surface area is 120 Å². The summed E-state index contributed by atoms with van der Waals surface area (Å²) < 4.78 is 5.11. The predicted octanol–water partition coefficient (Wildman–Crippen LogP) is 0.906. The number of methoxy groups -OCH3 is 1. The number of benzene rings is 1. The van der Waals surface area contributed by atoms with Gasteiger partial charge < -0.3 is 9.64 Å². The number of nitrogens with zero attached hydrogens (tertiary/aromatic N) is 2. The van der Waals surface area contributed by atoms with Gasteiger partial charge in [0.1, 0.15) is 5.75 Å². The van der Waals surface area contributed by atoms with Crippen molar-refractivity contribution in [2.45, 2.75) is 12.8 Å². The number of hydrazine groups is 1. The number of nitrogens with one attached hydrogen (secondary N) is 1. The first kappa shape index (κ1) is 14.8. The molecule has 2 rings (SSSR count). The molecule has 0 aliphatic carbocycles. The minimum atomic E-state index is 0.0883. The Hall–Kier alpha value is -1.59. The van der Waals surface area contributed by atoms with Crippen molar-refractivity contribution >= 4 is 5.91 Å². The molecule has 5 heteroatoms. The maximum atomic E-state index is 11.9. The molecule has 0 aromatic heterocycles. The minimum Gasteiger partial charge on any atom is -0.497 e. The summed E-state index contributed by atoms with van der Waals surface area (Å²) in [6.45, 7) is 3.78. The Morgan fingerprint density at radius 3 is 2.45 bits per heavy atom. The number of ether oxygens (including phenoxy) is 1. The summed E-state index contributed by atoms with van der Waals surface area (Å²) in [7, 11) is 3.75. The predicted molar refractivity (Wildman–Crippen MR) is 78.5 cm³/mol. The molecule has 0 spiro atoms. The van der Waals surface area contributed by atoms with Gasteiger partial charge in [-0.3, -0.25) is 10.2 Å². The topological polar surface area (TPSA) is 44.8 Å². The van der Waals surface area contributed by atoms with E-state index in [1.165, 1.54) is 0 Å². The standard InChI is InChI=1S/C15H23N3O2/c1-17-9-11-18(12-10-17)16-15(19)8-5-13-3-6-14(20-2)7-4-13/h3-4,6-7H,5,8-12H2,1-2H3,(H,16,19). The Balaban J connectivity index is 1.71. The number of hydrogen-bond acceptors (Lipinski definition) is 4. The zero-order valence-corrected chi connectivity index (χ0v) is 12.3. The van der Waals surface area contributed by atoms with Crippen LogP contribution in [0.4, 0.5) is 0 Å². The van der Waals surface area contributed by atoms with E-state index < -0.39 is 0 Å². The van der Waals surface area contributed by atoms with Crippen LogP contribution in [0.2, 0.25) is 0 Å². The fourth-order valence-electron chi connectivity index (χ4n) is 2.20. The molecule has 0 unspecified atom stereocenters. The van der Waals surface area contributed by atoms with Gasteiger partial charge in [0.25, 0.3) is 0 Å². The van der Waals surface area contributed by atoms with Crippen LogP contribution in [0.15, 0.2) is 24.3 Å². The van der Waals surface area contributed by atoms with E-state index >= 15 is 0 Å². The van der Waals surface area contributed by atoms with Gasteiger partial charge in [0.15, 0.2) is 0 Å². The normalized spacial score (nSPS) is 16.9. The van der Waals surface area contributed by atoms with Gasteiger partial charge in [0.2, 0.25) is 5.91 Å². The lowest BCUT2D eigenvalue weighted by Crippen LogP contribution is -2.52. The molecule has 1 heterocycles. The lowest BCUT2D eigenvalue weighted by atomic mass is 10.1. The molecule has 0 bridgehead atoms. The van der Waals surface area contributed by atoms with E-state index in [9.17, 15) is 4.79 Å². The zero-order chi connectivity index (χ0) is 14.4. The van der Waals surface area contributed by atoms with E-state index in [0.29, 0.717) is 6.42 Å². The number of rotatable bonds is 5. The highest BCUT2D eigenvalue weighted by Gasteiger charge is 2.15. The van der Waals surface area contributed by atoms with Crippen LogP contribution in [-0.2, 0) is 11.2 Å². The summed E-state index contributed by atoms with van der Waals surface area (Å²) >= 11 is 0. The second-order valence-corrected chi connectivity index (χ2v) is 5.17. The fraction of sp³-hybridized carbons (Fsp3) is 0.533. The molecule has 0 saturated carbocycles. The molecular formula is C15H23N3O2. The molecule has 1 aliphatic rings. The first-order valence-corrected chi connectivity index (χ1v) is 7.03. The summed E-state index contributed by atoms with van der Waals surface area (Å²) in [4.78, 5) is 14.2. The van der Waals surface area contributed by atoms with Crippen molar-refractivity contribution in [3.63, 3.8) is 0 Å². The van der Waals surface area contributed by atoms with Crippen LogP contribution in [0.1, 0.15) is 12.0 Å².